The second-order valence-corrected chi connectivity index (χ2v) is 2.85. The molecular weight excluding hydrogens is 196 g/mol. The molecule has 7 heteroatoms. The molecule has 0 saturated heterocycles. The summed E-state index contributed by atoms with van der Waals surface area (Å²) in [7, 11) is 0. The lowest BCUT2D eigenvalue weighted by Gasteiger charge is -2.07. The molecule has 0 atom stereocenters. The van der Waals surface area contributed by atoms with E-state index in [-0.39, 0.29) is 12.5 Å². The van der Waals surface area contributed by atoms with Gasteiger partial charge in [-0.15, -0.1) is 0 Å². The summed E-state index contributed by atoms with van der Waals surface area (Å²) >= 11 is 0. The lowest BCUT2D eigenvalue weighted by Crippen LogP contribution is -2.22. The molecule has 0 saturated carbocycles. The summed E-state index contributed by atoms with van der Waals surface area (Å²) in [6.07, 6.45) is 0. The molecule has 0 aliphatic heterocycles. The number of nitrogen functional groups attached to an aromatic ring is 1. The SMILES string of the molecule is CCNc1cc(NCC(N)=O)nc(N)n1. The van der Waals surface area contributed by atoms with Crippen LogP contribution in [0.4, 0.5) is 17.6 Å². The van der Waals surface area contributed by atoms with Crippen molar-refractivity contribution in [3.05, 3.63) is 6.07 Å². The van der Waals surface area contributed by atoms with Gasteiger partial charge in [-0.1, -0.05) is 0 Å². The summed E-state index contributed by atoms with van der Waals surface area (Å²) in [4.78, 5) is 18.4. The first-order chi connectivity index (χ1) is 7.11. The lowest BCUT2D eigenvalue weighted by molar-refractivity contribution is -0.116. The summed E-state index contributed by atoms with van der Waals surface area (Å²) in [6.45, 7) is 2.68. The number of aromatic nitrogens is 2. The molecule has 0 spiro atoms. The zero-order valence-electron chi connectivity index (χ0n) is 8.45. The molecule has 0 aromatic carbocycles. The number of hydrogen-bond donors (Lipinski definition) is 4. The zero-order chi connectivity index (χ0) is 11.3. The number of nitrogens with two attached hydrogens (primary N) is 2. The van der Waals surface area contributed by atoms with Gasteiger partial charge < -0.3 is 22.1 Å². The minimum Gasteiger partial charge on any atom is -0.370 e. The Morgan fingerprint density at radius 2 is 2.00 bits per heavy atom. The van der Waals surface area contributed by atoms with Crippen LogP contribution in [0.25, 0.3) is 0 Å². The van der Waals surface area contributed by atoms with Gasteiger partial charge in [0.25, 0.3) is 0 Å². The Hall–Kier alpha value is -2.05. The third kappa shape index (κ3) is 3.67. The molecule has 0 fully saturated rings. The van der Waals surface area contributed by atoms with Gasteiger partial charge in [-0.3, -0.25) is 4.79 Å². The normalized spacial score (nSPS) is 9.67. The molecule has 15 heavy (non-hydrogen) atoms. The highest BCUT2D eigenvalue weighted by Gasteiger charge is 2.02. The third-order valence-electron chi connectivity index (χ3n) is 1.55. The number of anilines is 3. The van der Waals surface area contributed by atoms with Crippen LogP contribution in [0.1, 0.15) is 6.92 Å². The number of hydrogen-bond acceptors (Lipinski definition) is 6. The van der Waals surface area contributed by atoms with Crippen LogP contribution in [0.5, 0.6) is 0 Å². The molecule has 1 heterocycles. The number of rotatable bonds is 5. The van der Waals surface area contributed by atoms with E-state index < -0.39 is 5.91 Å². The molecule has 0 aliphatic carbocycles. The van der Waals surface area contributed by atoms with E-state index in [1.54, 1.807) is 6.07 Å². The predicted molar refractivity (Wildman–Crippen MR) is 58.3 cm³/mol. The van der Waals surface area contributed by atoms with Crippen molar-refractivity contribution in [2.24, 2.45) is 5.73 Å². The second-order valence-electron chi connectivity index (χ2n) is 2.85. The summed E-state index contributed by atoms with van der Waals surface area (Å²) in [6, 6.07) is 1.66. The zero-order valence-corrected chi connectivity index (χ0v) is 8.45. The lowest BCUT2D eigenvalue weighted by atomic mass is 10.5. The number of primary amides is 1. The summed E-state index contributed by atoms with van der Waals surface area (Å²) in [5, 5.41) is 5.73. The molecular formula is C8H14N6O. The topological polar surface area (TPSA) is 119 Å². The molecule has 1 aromatic rings. The first kappa shape index (κ1) is 11.0. The number of nitrogens with zero attached hydrogens (tertiary/aromatic N) is 2. The minimum atomic E-state index is -0.461. The Kier molecular flexibility index (Phi) is 3.67. The van der Waals surface area contributed by atoms with E-state index in [0.29, 0.717) is 11.6 Å². The van der Waals surface area contributed by atoms with Gasteiger partial charge in [0.1, 0.15) is 11.6 Å². The van der Waals surface area contributed by atoms with Crippen LogP contribution in [0.2, 0.25) is 0 Å². The van der Waals surface area contributed by atoms with Crippen molar-refractivity contribution < 1.29 is 4.79 Å². The average molecular weight is 210 g/mol. The first-order valence-electron chi connectivity index (χ1n) is 4.52. The van der Waals surface area contributed by atoms with E-state index in [0.717, 1.165) is 6.54 Å². The van der Waals surface area contributed by atoms with Gasteiger partial charge in [0.05, 0.1) is 6.54 Å². The van der Waals surface area contributed by atoms with Gasteiger partial charge in [0.15, 0.2) is 0 Å². The number of nitrogens with one attached hydrogen (secondary N) is 2. The van der Waals surface area contributed by atoms with Crippen LogP contribution < -0.4 is 22.1 Å². The van der Waals surface area contributed by atoms with Crippen molar-refractivity contribution in [3.63, 3.8) is 0 Å². The molecule has 0 bridgehead atoms. The Balaban J connectivity index is 2.74. The maximum absolute atomic E-state index is 10.5. The summed E-state index contributed by atoms with van der Waals surface area (Å²) < 4.78 is 0. The molecule has 1 aromatic heterocycles. The number of carbonyl (C=O) groups excluding carboxylic acids is 1. The van der Waals surface area contributed by atoms with Crippen LogP contribution in [-0.2, 0) is 4.79 Å². The van der Waals surface area contributed by atoms with Crippen molar-refractivity contribution in [2.75, 3.05) is 29.5 Å². The molecule has 0 unspecified atom stereocenters. The highest BCUT2D eigenvalue weighted by molar-refractivity contribution is 5.78. The monoisotopic (exact) mass is 210 g/mol. The second kappa shape index (κ2) is 4.99. The van der Waals surface area contributed by atoms with Gasteiger partial charge in [-0.05, 0) is 6.92 Å². The first-order valence-corrected chi connectivity index (χ1v) is 4.52. The molecule has 1 rings (SSSR count). The molecule has 7 nitrogen and oxygen atoms in total. The van der Waals surface area contributed by atoms with Crippen molar-refractivity contribution >= 4 is 23.5 Å². The fraction of sp³-hybridized carbons (Fsp3) is 0.375. The van der Waals surface area contributed by atoms with E-state index in [1.807, 2.05) is 6.92 Å². The Bertz CT molecular complexity index is 353. The number of amides is 1. The van der Waals surface area contributed by atoms with Gasteiger partial charge in [-0.25, -0.2) is 0 Å². The fourth-order valence-corrected chi connectivity index (χ4v) is 1.01. The van der Waals surface area contributed by atoms with Gasteiger partial charge in [-0.2, -0.15) is 9.97 Å². The van der Waals surface area contributed by atoms with Crippen LogP contribution in [-0.4, -0.2) is 29.0 Å². The molecule has 6 N–H and O–H groups in total. The van der Waals surface area contributed by atoms with Crippen LogP contribution in [0.15, 0.2) is 6.07 Å². The molecule has 0 radical (unpaired) electrons. The van der Waals surface area contributed by atoms with Crippen LogP contribution >= 0.6 is 0 Å². The van der Waals surface area contributed by atoms with E-state index in [2.05, 4.69) is 20.6 Å². The fourth-order valence-electron chi connectivity index (χ4n) is 1.01. The maximum Gasteiger partial charge on any atom is 0.236 e. The predicted octanol–water partition coefficient (Wildman–Crippen LogP) is -0.612. The Morgan fingerprint density at radius 3 is 2.53 bits per heavy atom. The van der Waals surface area contributed by atoms with Crippen molar-refractivity contribution in [3.8, 4) is 0 Å². The van der Waals surface area contributed by atoms with Gasteiger partial charge in [0.2, 0.25) is 11.9 Å². The molecule has 0 aliphatic rings. The van der Waals surface area contributed by atoms with Crippen LogP contribution in [0, 0.1) is 0 Å². The summed E-state index contributed by atoms with van der Waals surface area (Å²) in [5.41, 5.74) is 10.5. The van der Waals surface area contributed by atoms with Crippen molar-refractivity contribution in [2.45, 2.75) is 6.92 Å². The third-order valence-corrected chi connectivity index (χ3v) is 1.55. The van der Waals surface area contributed by atoms with E-state index >= 15 is 0 Å². The Labute approximate surface area is 87.3 Å². The van der Waals surface area contributed by atoms with Crippen molar-refractivity contribution in [1.82, 2.24) is 9.97 Å². The standard InChI is InChI=1S/C8H14N6O/c1-2-11-6-3-7(12-4-5(9)15)14-8(10)13-6/h3H,2,4H2,1H3,(H2,9,15)(H4,10,11,12,13,14). The number of carbonyl (C=O) groups is 1. The van der Waals surface area contributed by atoms with Gasteiger partial charge >= 0.3 is 0 Å². The largest absolute Gasteiger partial charge is 0.370 e. The Morgan fingerprint density at radius 1 is 1.40 bits per heavy atom. The van der Waals surface area contributed by atoms with Crippen LogP contribution in [0.3, 0.4) is 0 Å². The van der Waals surface area contributed by atoms with E-state index in [1.165, 1.54) is 0 Å². The van der Waals surface area contributed by atoms with Gasteiger partial charge in [0, 0.05) is 12.6 Å². The maximum atomic E-state index is 10.5. The molecule has 82 valence electrons. The highest BCUT2D eigenvalue weighted by Crippen LogP contribution is 2.11. The quantitative estimate of drug-likeness (QED) is 0.514. The van der Waals surface area contributed by atoms with E-state index in [9.17, 15) is 4.79 Å². The van der Waals surface area contributed by atoms with E-state index in [4.69, 9.17) is 11.5 Å². The van der Waals surface area contributed by atoms with Crippen molar-refractivity contribution in [1.29, 1.82) is 0 Å². The average Bonchev–Trinajstić information content (AvgIpc) is 2.14. The highest BCUT2D eigenvalue weighted by atomic mass is 16.1. The smallest absolute Gasteiger partial charge is 0.236 e. The summed E-state index contributed by atoms with van der Waals surface area (Å²) in [5.74, 6) is 0.756. The minimum absolute atomic E-state index is 0.0159. The molecule has 1 amide bonds.